The summed E-state index contributed by atoms with van der Waals surface area (Å²) in [6, 6.07) is 8.40. The second kappa shape index (κ2) is 5.94. The second-order valence-corrected chi connectivity index (χ2v) is 5.80. The van der Waals surface area contributed by atoms with E-state index in [1.165, 1.54) is 11.1 Å². The van der Waals surface area contributed by atoms with Gasteiger partial charge in [-0.05, 0) is 31.2 Å². The van der Waals surface area contributed by atoms with E-state index in [-0.39, 0.29) is 12.1 Å². The van der Waals surface area contributed by atoms with E-state index >= 15 is 0 Å². The highest BCUT2D eigenvalue weighted by molar-refractivity contribution is 5.81. The Kier molecular flexibility index (Phi) is 4.03. The van der Waals surface area contributed by atoms with Crippen LogP contribution in [-0.4, -0.2) is 37.1 Å². The van der Waals surface area contributed by atoms with Crippen molar-refractivity contribution >= 4 is 5.91 Å². The number of nitrogens with one attached hydrogen (secondary N) is 1. The largest absolute Gasteiger partial charge is 0.381 e. The fourth-order valence-electron chi connectivity index (χ4n) is 3.09. The first-order valence-corrected chi connectivity index (χ1v) is 7.41. The van der Waals surface area contributed by atoms with Crippen molar-refractivity contribution in [2.45, 2.75) is 25.9 Å². The predicted molar refractivity (Wildman–Crippen MR) is 77.2 cm³/mol. The molecule has 1 amide bonds. The zero-order valence-electron chi connectivity index (χ0n) is 12.0. The third kappa shape index (κ3) is 2.86. The number of amides is 1. The molecule has 1 aromatic carbocycles. The number of carbonyl (C=O) groups excluding carboxylic acids is 1. The Bertz CT molecular complexity index is 483. The lowest BCUT2D eigenvalue weighted by Gasteiger charge is -2.31. The van der Waals surface area contributed by atoms with E-state index in [0.717, 1.165) is 32.6 Å². The van der Waals surface area contributed by atoms with E-state index < -0.39 is 0 Å². The van der Waals surface area contributed by atoms with Gasteiger partial charge < -0.3 is 9.64 Å². The number of rotatable bonds is 3. The molecule has 2 fully saturated rings. The lowest BCUT2D eigenvalue weighted by atomic mass is 9.99. The van der Waals surface area contributed by atoms with Gasteiger partial charge in [-0.1, -0.05) is 29.8 Å². The molecule has 1 N–H and O–H groups in total. The minimum absolute atomic E-state index is 0.0326. The van der Waals surface area contributed by atoms with Crippen LogP contribution in [0.15, 0.2) is 24.3 Å². The Morgan fingerprint density at radius 1 is 1.35 bits per heavy atom. The maximum atomic E-state index is 12.1. The molecule has 1 atom stereocenters. The van der Waals surface area contributed by atoms with Crippen molar-refractivity contribution in [1.29, 1.82) is 0 Å². The maximum Gasteiger partial charge on any atom is 0.238 e. The highest BCUT2D eigenvalue weighted by Gasteiger charge is 2.33. The van der Waals surface area contributed by atoms with Gasteiger partial charge in [-0.25, -0.2) is 0 Å². The van der Waals surface area contributed by atoms with Crippen LogP contribution in [0.25, 0.3) is 0 Å². The molecule has 0 bridgehead atoms. The van der Waals surface area contributed by atoms with Gasteiger partial charge in [0.05, 0.1) is 6.54 Å². The molecule has 2 heterocycles. The quantitative estimate of drug-likeness (QED) is 0.914. The van der Waals surface area contributed by atoms with Crippen molar-refractivity contribution < 1.29 is 9.53 Å². The first kappa shape index (κ1) is 13.6. The summed E-state index contributed by atoms with van der Waals surface area (Å²) in [5.41, 5.74) is 2.41. The molecule has 4 heteroatoms. The van der Waals surface area contributed by atoms with Crippen molar-refractivity contribution in [3.63, 3.8) is 0 Å². The molecule has 2 aliphatic rings. The van der Waals surface area contributed by atoms with E-state index in [1.807, 2.05) is 4.90 Å². The molecule has 20 heavy (non-hydrogen) atoms. The van der Waals surface area contributed by atoms with Gasteiger partial charge in [-0.2, -0.15) is 0 Å². The van der Waals surface area contributed by atoms with Crippen LogP contribution in [0.5, 0.6) is 0 Å². The van der Waals surface area contributed by atoms with Crippen molar-refractivity contribution in [2.24, 2.45) is 5.92 Å². The molecule has 1 unspecified atom stereocenters. The molecule has 4 nitrogen and oxygen atoms in total. The smallest absolute Gasteiger partial charge is 0.238 e. The normalized spacial score (nSPS) is 24.4. The van der Waals surface area contributed by atoms with Gasteiger partial charge in [-0.3, -0.25) is 10.1 Å². The molecule has 0 saturated carbocycles. The molecule has 3 rings (SSSR count). The standard InChI is InChI=1S/C16H22N2O2/c1-12-3-2-4-14(9-12)16-17-10-15(19)18(16)11-13-5-7-20-8-6-13/h2-4,9,13,16-17H,5-8,10-11H2,1H3. The Hall–Kier alpha value is -1.39. The second-order valence-electron chi connectivity index (χ2n) is 5.80. The number of hydrogen-bond acceptors (Lipinski definition) is 3. The van der Waals surface area contributed by atoms with Gasteiger partial charge >= 0.3 is 0 Å². The molecular formula is C16H22N2O2. The fraction of sp³-hybridized carbons (Fsp3) is 0.562. The summed E-state index contributed by atoms with van der Waals surface area (Å²) >= 11 is 0. The van der Waals surface area contributed by atoms with Gasteiger partial charge in [0.2, 0.25) is 5.91 Å². The highest BCUT2D eigenvalue weighted by Crippen LogP contribution is 2.26. The molecule has 108 valence electrons. The molecular weight excluding hydrogens is 252 g/mol. The van der Waals surface area contributed by atoms with E-state index in [0.29, 0.717) is 12.5 Å². The van der Waals surface area contributed by atoms with Gasteiger partial charge in [0.15, 0.2) is 0 Å². The summed E-state index contributed by atoms with van der Waals surface area (Å²) in [6.45, 7) is 5.03. The summed E-state index contributed by atoms with van der Waals surface area (Å²) in [4.78, 5) is 14.2. The lowest BCUT2D eigenvalue weighted by molar-refractivity contribution is -0.129. The number of hydrogen-bond donors (Lipinski definition) is 1. The fourth-order valence-corrected chi connectivity index (χ4v) is 3.09. The van der Waals surface area contributed by atoms with Crippen LogP contribution < -0.4 is 5.32 Å². The Morgan fingerprint density at radius 3 is 2.90 bits per heavy atom. The first-order valence-electron chi connectivity index (χ1n) is 7.41. The van der Waals surface area contributed by atoms with Crippen LogP contribution in [0.2, 0.25) is 0 Å². The van der Waals surface area contributed by atoms with Crippen molar-refractivity contribution in [1.82, 2.24) is 10.2 Å². The molecule has 1 aromatic rings. The average Bonchev–Trinajstić information content (AvgIpc) is 2.82. The van der Waals surface area contributed by atoms with Gasteiger partial charge in [-0.15, -0.1) is 0 Å². The number of benzene rings is 1. The van der Waals surface area contributed by atoms with Crippen molar-refractivity contribution in [2.75, 3.05) is 26.3 Å². The molecule has 0 spiro atoms. The predicted octanol–water partition coefficient (Wildman–Crippen LogP) is 1.85. The highest BCUT2D eigenvalue weighted by atomic mass is 16.5. The molecule has 0 aromatic heterocycles. The number of ether oxygens (including phenoxy) is 1. The average molecular weight is 274 g/mol. The summed E-state index contributed by atoms with van der Waals surface area (Å²) in [5, 5.41) is 3.33. The zero-order chi connectivity index (χ0) is 13.9. The Balaban J connectivity index is 1.74. The van der Waals surface area contributed by atoms with Crippen LogP contribution >= 0.6 is 0 Å². The number of carbonyl (C=O) groups is 1. The van der Waals surface area contributed by atoms with Crippen LogP contribution in [0.3, 0.4) is 0 Å². The third-order valence-electron chi connectivity index (χ3n) is 4.23. The number of nitrogens with zero attached hydrogens (tertiary/aromatic N) is 1. The minimum Gasteiger partial charge on any atom is -0.381 e. The zero-order valence-corrected chi connectivity index (χ0v) is 12.0. The van der Waals surface area contributed by atoms with Crippen molar-refractivity contribution in [3.8, 4) is 0 Å². The van der Waals surface area contributed by atoms with E-state index in [4.69, 9.17) is 4.74 Å². The van der Waals surface area contributed by atoms with E-state index in [2.05, 4.69) is 36.5 Å². The third-order valence-corrected chi connectivity index (χ3v) is 4.23. The lowest BCUT2D eigenvalue weighted by Crippen LogP contribution is -2.36. The molecule has 0 radical (unpaired) electrons. The minimum atomic E-state index is 0.0326. The monoisotopic (exact) mass is 274 g/mol. The maximum absolute atomic E-state index is 12.1. The topological polar surface area (TPSA) is 41.6 Å². The summed E-state index contributed by atoms with van der Waals surface area (Å²) in [5.74, 6) is 0.780. The van der Waals surface area contributed by atoms with Crippen LogP contribution in [0.1, 0.15) is 30.1 Å². The SMILES string of the molecule is Cc1cccc(C2NCC(=O)N2CC2CCOCC2)c1. The van der Waals surface area contributed by atoms with Gasteiger partial charge in [0, 0.05) is 19.8 Å². The van der Waals surface area contributed by atoms with Crippen LogP contribution in [0.4, 0.5) is 0 Å². The summed E-state index contributed by atoms with van der Waals surface area (Å²) in [6.07, 6.45) is 2.15. The van der Waals surface area contributed by atoms with E-state index in [1.54, 1.807) is 0 Å². The molecule has 0 aliphatic carbocycles. The molecule has 2 aliphatic heterocycles. The Morgan fingerprint density at radius 2 is 2.15 bits per heavy atom. The van der Waals surface area contributed by atoms with Gasteiger partial charge in [0.1, 0.15) is 6.17 Å². The first-order chi connectivity index (χ1) is 9.74. The Labute approximate surface area is 120 Å². The van der Waals surface area contributed by atoms with Crippen LogP contribution in [0, 0.1) is 12.8 Å². The van der Waals surface area contributed by atoms with Crippen molar-refractivity contribution in [3.05, 3.63) is 35.4 Å². The van der Waals surface area contributed by atoms with E-state index in [9.17, 15) is 4.79 Å². The molecule has 2 saturated heterocycles. The number of aryl methyl sites for hydroxylation is 1. The van der Waals surface area contributed by atoms with Crippen LogP contribution in [-0.2, 0) is 9.53 Å². The van der Waals surface area contributed by atoms with Gasteiger partial charge in [0.25, 0.3) is 0 Å². The summed E-state index contributed by atoms with van der Waals surface area (Å²) in [7, 11) is 0. The summed E-state index contributed by atoms with van der Waals surface area (Å²) < 4.78 is 5.40.